The Balaban J connectivity index is 2.03. The Morgan fingerprint density at radius 1 is 1.53 bits per heavy atom. The number of nitriles is 1. The summed E-state index contributed by atoms with van der Waals surface area (Å²) in [6.45, 7) is 3.16. The Morgan fingerprint density at radius 2 is 2.37 bits per heavy atom. The third kappa shape index (κ3) is 1.98. The summed E-state index contributed by atoms with van der Waals surface area (Å²) in [4.78, 5) is 6.86. The first-order valence-electron chi connectivity index (χ1n) is 7.05. The zero-order chi connectivity index (χ0) is 13.4. The summed E-state index contributed by atoms with van der Waals surface area (Å²) < 4.78 is 0. The van der Waals surface area contributed by atoms with Crippen LogP contribution in [0, 0.1) is 17.2 Å². The third-order valence-electron chi connectivity index (χ3n) is 4.49. The van der Waals surface area contributed by atoms with Gasteiger partial charge < -0.3 is 10.0 Å². The van der Waals surface area contributed by atoms with E-state index in [4.69, 9.17) is 4.98 Å². The standard InChI is InChI=1S/C15H19N3O/c1-10-5-6-18(14(10)9-19)15-12(8-16)7-11-3-2-4-13(11)17-15/h7,10,14,19H,2-6,9H2,1H3. The van der Waals surface area contributed by atoms with Gasteiger partial charge in [-0.25, -0.2) is 4.98 Å². The predicted molar refractivity (Wildman–Crippen MR) is 73.0 cm³/mol. The number of fused-ring (bicyclic) bond motifs is 1. The Kier molecular flexibility index (Phi) is 3.16. The highest BCUT2D eigenvalue weighted by atomic mass is 16.3. The second-order valence-corrected chi connectivity index (χ2v) is 5.64. The SMILES string of the molecule is CC1CCN(c2nc3c(cc2C#N)CCC3)C1CO. The average molecular weight is 257 g/mol. The number of aryl methyl sites for hydroxylation is 2. The molecule has 1 saturated heterocycles. The van der Waals surface area contributed by atoms with Gasteiger partial charge in [-0.2, -0.15) is 5.26 Å². The van der Waals surface area contributed by atoms with E-state index >= 15 is 0 Å². The van der Waals surface area contributed by atoms with Crippen LogP contribution in [0.2, 0.25) is 0 Å². The fourth-order valence-corrected chi connectivity index (χ4v) is 3.31. The van der Waals surface area contributed by atoms with Gasteiger partial charge in [-0.15, -0.1) is 0 Å². The molecule has 1 fully saturated rings. The Hall–Kier alpha value is -1.60. The molecule has 2 heterocycles. The second kappa shape index (κ2) is 4.82. The molecule has 4 nitrogen and oxygen atoms in total. The van der Waals surface area contributed by atoms with E-state index in [1.807, 2.05) is 6.07 Å². The van der Waals surface area contributed by atoms with Crippen molar-refractivity contribution in [2.24, 2.45) is 5.92 Å². The van der Waals surface area contributed by atoms with Gasteiger partial charge in [0.15, 0.2) is 0 Å². The minimum atomic E-state index is 0.0963. The normalized spacial score (nSPS) is 25.4. The van der Waals surface area contributed by atoms with Crippen molar-refractivity contribution in [2.45, 2.75) is 38.6 Å². The van der Waals surface area contributed by atoms with Crippen LogP contribution < -0.4 is 4.90 Å². The van der Waals surface area contributed by atoms with E-state index in [1.54, 1.807) is 0 Å². The molecule has 100 valence electrons. The average Bonchev–Trinajstić information content (AvgIpc) is 3.02. The largest absolute Gasteiger partial charge is 0.394 e. The Bertz CT molecular complexity index is 535. The number of aliphatic hydroxyl groups excluding tert-OH is 1. The van der Waals surface area contributed by atoms with Crippen molar-refractivity contribution in [2.75, 3.05) is 18.1 Å². The molecule has 2 aliphatic rings. The molecule has 2 unspecified atom stereocenters. The molecular formula is C15H19N3O. The highest BCUT2D eigenvalue weighted by Crippen LogP contribution is 2.33. The van der Waals surface area contributed by atoms with Crippen molar-refractivity contribution in [3.8, 4) is 6.07 Å². The van der Waals surface area contributed by atoms with Crippen molar-refractivity contribution in [3.05, 3.63) is 22.9 Å². The Labute approximate surface area is 113 Å². The zero-order valence-corrected chi connectivity index (χ0v) is 11.3. The van der Waals surface area contributed by atoms with E-state index in [0.29, 0.717) is 11.5 Å². The monoisotopic (exact) mass is 257 g/mol. The lowest BCUT2D eigenvalue weighted by Crippen LogP contribution is -2.36. The number of pyridine rings is 1. The molecule has 1 aliphatic heterocycles. The van der Waals surface area contributed by atoms with Crippen LogP contribution in [0.3, 0.4) is 0 Å². The maximum Gasteiger partial charge on any atom is 0.147 e. The van der Waals surface area contributed by atoms with Crippen molar-refractivity contribution in [1.29, 1.82) is 5.26 Å². The molecule has 1 aliphatic carbocycles. The van der Waals surface area contributed by atoms with Gasteiger partial charge in [-0.3, -0.25) is 0 Å². The maximum atomic E-state index is 9.57. The van der Waals surface area contributed by atoms with Crippen molar-refractivity contribution >= 4 is 5.82 Å². The highest BCUT2D eigenvalue weighted by molar-refractivity contribution is 5.58. The molecule has 1 aromatic rings. The number of nitrogens with zero attached hydrogens (tertiary/aromatic N) is 3. The van der Waals surface area contributed by atoms with Gasteiger partial charge in [-0.05, 0) is 43.2 Å². The summed E-state index contributed by atoms with van der Waals surface area (Å²) >= 11 is 0. The van der Waals surface area contributed by atoms with Crippen LogP contribution in [0.15, 0.2) is 6.07 Å². The first kappa shape index (κ1) is 12.4. The quantitative estimate of drug-likeness (QED) is 0.875. The van der Waals surface area contributed by atoms with Crippen molar-refractivity contribution in [1.82, 2.24) is 4.98 Å². The molecule has 0 aromatic carbocycles. The minimum Gasteiger partial charge on any atom is -0.394 e. The van der Waals surface area contributed by atoms with Crippen LogP contribution in [0.5, 0.6) is 0 Å². The Morgan fingerprint density at radius 3 is 3.11 bits per heavy atom. The van der Waals surface area contributed by atoms with Gasteiger partial charge in [-0.1, -0.05) is 6.92 Å². The van der Waals surface area contributed by atoms with E-state index in [1.165, 1.54) is 5.56 Å². The topological polar surface area (TPSA) is 60.2 Å². The number of aromatic nitrogens is 1. The molecule has 0 spiro atoms. The summed E-state index contributed by atoms with van der Waals surface area (Å²) in [5.74, 6) is 1.23. The number of rotatable bonds is 2. The molecule has 0 radical (unpaired) electrons. The highest BCUT2D eigenvalue weighted by Gasteiger charge is 2.33. The van der Waals surface area contributed by atoms with Crippen LogP contribution in [-0.2, 0) is 12.8 Å². The van der Waals surface area contributed by atoms with E-state index in [0.717, 1.165) is 43.7 Å². The number of aliphatic hydroxyl groups is 1. The molecule has 19 heavy (non-hydrogen) atoms. The summed E-state index contributed by atoms with van der Waals surface area (Å²) in [7, 11) is 0. The van der Waals surface area contributed by atoms with Gasteiger partial charge >= 0.3 is 0 Å². The molecule has 3 rings (SSSR count). The van der Waals surface area contributed by atoms with E-state index in [9.17, 15) is 10.4 Å². The van der Waals surface area contributed by atoms with Crippen LogP contribution in [0.4, 0.5) is 5.82 Å². The van der Waals surface area contributed by atoms with E-state index in [-0.39, 0.29) is 12.6 Å². The molecule has 4 heteroatoms. The van der Waals surface area contributed by atoms with Gasteiger partial charge in [0.05, 0.1) is 18.2 Å². The van der Waals surface area contributed by atoms with Gasteiger partial charge in [0.25, 0.3) is 0 Å². The minimum absolute atomic E-state index is 0.0963. The first-order valence-corrected chi connectivity index (χ1v) is 7.05. The molecule has 1 aromatic heterocycles. The van der Waals surface area contributed by atoms with Crippen molar-refractivity contribution < 1.29 is 5.11 Å². The smallest absolute Gasteiger partial charge is 0.147 e. The first-order chi connectivity index (χ1) is 9.24. The lowest BCUT2D eigenvalue weighted by atomic mass is 10.0. The van der Waals surface area contributed by atoms with Gasteiger partial charge in [0.1, 0.15) is 11.9 Å². The number of hydrogen-bond acceptors (Lipinski definition) is 4. The molecule has 0 saturated carbocycles. The lowest BCUT2D eigenvalue weighted by molar-refractivity contribution is 0.244. The number of hydrogen-bond donors (Lipinski definition) is 1. The summed E-state index contributed by atoms with van der Waals surface area (Å²) in [6.07, 6.45) is 4.24. The third-order valence-corrected chi connectivity index (χ3v) is 4.49. The summed E-state index contributed by atoms with van der Waals surface area (Å²) in [5, 5.41) is 18.9. The van der Waals surface area contributed by atoms with E-state index < -0.39 is 0 Å². The summed E-state index contributed by atoms with van der Waals surface area (Å²) in [5.41, 5.74) is 3.03. The fourth-order valence-electron chi connectivity index (χ4n) is 3.31. The molecule has 1 N–H and O–H groups in total. The zero-order valence-electron chi connectivity index (χ0n) is 11.3. The lowest BCUT2D eigenvalue weighted by Gasteiger charge is -2.27. The number of anilines is 1. The van der Waals surface area contributed by atoms with Crippen LogP contribution in [0.25, 0.3) is 0 Å². The van der Waals surface area contributed by atoms with Crippen LogP contribution >= 0.6 is 0 Å². The predicted octanol–water partition coefficient (Wildman–Crippen LogP) is 1.65. The van der Waals surface area contributed by atoms with Crippen LogP contribution in [0.1, 0.15) is 36.6 Å². The molecular weight excluding hydrogens is 238 g/mol. The molecule has 0 bridgehead atoms. The van der Waals surface area contributed by atoms with Gasteiger partial charge in [0.2, 0.25) is 0 Å². The van der Waals surface area contributed by atoms with Gasteiger partial charge in [0, 0.05) is 12.2 Å². The summed E-state index contributed by atoms with van der Waals surface area (Å²) in [6, 6.07) is 4.37. The fraction of sp³-hybridized carbons (Fsp3) is 0.600. The van der Waals surface area contributed by atoms with E-state index in [2.05, 4.69) is 17.9 Å². The second-order valence-electron chi connectivity index (χ2n) is 5.64. The van der Waals surface area contributed by atoms with Crippen molar-refractivity contribution in [3.63, 3.8) is 0 Å². The van der Waals surface area contributed by atoms with Crippen LogP contribution in [-0.4, -0.2) is 29.3 Å². The maximum absolute atomic E-state index is 9.57. The molecule has 2 atom stereocenters. The molecule has 0 amide bonds.